The molecule has 0 spiro atoms. The predicted molar refractivity (Wildman–Crippen MR) is 110 cm³/mol. The van der Waals surface area contributed by atoms with E-state index in [0.29, 0.717) is 23.0 Å². The lowest BCUT2D eigenvalue weighted by molar-refractivity contribution is 0.0943. The number of thiophene rings is 1. The third kappa shape index (κ3) is 3.56. The topological polar surface area (TPSA) is 94.0 Å². The molecule has 148 valence electrons. The molecule has 28 heavy (non-hydrogen) atoms. The number of fused-ring (bicyclic) bond motifs is 1. The number of sulfone groups is 1. The van der Waals surface area contributed by atoms with Crippen molar-refractivity contribution in [3.8, 4) is 10.6 Å². The molecule has 1 saturated heterocycles. The van der Waals surface area contributed by atoms with Crippen molar-refractivity contribution in [1.29, 1.82) is 0 Å². The number of aromatic nitrogens is 3. The lowest BCUT2D eigenvalue weighted by atomic mass is 10.1. The van der Waals surface area contributed by atoms with Gasteiger partial charge in [0.15, 0.2) is 15.5 Å². The highest BCUT2D eigenvalue weighted by Crippen LogP contribution is 2.30. The molecule has 1 atom stereocenters. The van der Waals surface area contributed by atoms with Crippen LogP contribution in [0.4, 0.5) is 0 Å². The second-order valence-electron chi connectivity index (χ2n) is 7.46. The Morgan fingerprint density at radius 3 is 2.75 bits per heavy atom. The largest absolute Gasteiger partial charge is 0.348 e. The molecule has 4 heterocycles. The summed E-state index contributed by atoms with van der Waals surface area (Å²) in [4.78, 5) is 19.9. The van der Waals surface area contributed by atoms with E-state index in [4.69, 9.17) is 4.98 Å². The first-order valence-corrected chi connectivity index (χ1v) is 11.8. The number of carbonyl (C=O) groups is 1. The molecule has 0 aliphatic carbocycles. The van der Waals surface area contributed by atoms with Crippen molar-refractivity contribution in [2.75, 3.05) is 11.5 Å². The average molecular weight is 419 g/mol. The summed E-state index contributed by atoms with van der Waals surface area (Å²) in [7, 11) is -3.06. The van der Waals surface area contributed by atoms with Gasteiger partial charge in [-0.25, -0.2) is 18.1 Å². The Morgan fingerprint density at radius 2 is 2.14 bits per heavy atom. The van der Waals surface area contributed by atoms with Gasteiger partial charge in [0.05, 0.1) is 39.2 Å². The summed E-state index contributed by atoms with van der Waals surface area (Å²) in [6.07, 6.45) is 2.11. The van der Waals surface area contributed by atoms with Crippen LogP contribution in [-0.4, -0.2) is 46.6 Å². The van der Waals surface area contributed by atoms with Crippen LogP contribution in [0.15, 0.2) is 24.4 Å². The van der Waals surface area contributed by atoms with Crippen LogP contribution in [0.25, 0.3) is 21.6 Å². The van der Waals surface area contributed by atoms with Crippen LogP contribution in [-0.2, 0) is 9.84 Å². The minimum absolute atomic E-state index is 0.00476. The highest BCUT2D eigenvalue weighted by atomic mass is 32.2. The van der Waals surface area contributed by atoms with Gasteiger partial charge >= 0.3 is 0 Å². The Bertz CT molecular complexity index is 1160. The second-order valence-corrected chi connectivity index (χ2v) is 11.0. The van der Waals surface area contributed by atoms with E-state index in [9.17, 15) is 13.2 Å². The molecule has 0 aromatic carbocycles. The Labute approximate surface area is 167 Å². The molecule has 1 unspecified atom stereocenters. The molecular formula is C19H22N4O3S2. The zero-order valence-corrected chi connectivity index (χ0v) is 17.6. The standard InChI is InChI=1S/C19H22N4O3S2/c1-11(2)23-18-15(9-20-23)14(8-16(22-18)17-5-4-12(3)27-17)19(24)21-13-6-7-28(25,26)10-13/h4-5,8-9,11,13H,6-7,10H2,1-3H3,(H,21,24). The molecule has 3 aromatic rings. The molecule has 0 saturated carbocycles. The normalized spacial score (nSPS) is 18.8. The van der Waals surface area contributed by atoms with Gasteiger partial charge < -0.3 is 5.32 Å². The van der Waals surface area contributed by atoms with Crippen molar-refractivity contribution in [2.24, 2.45) is 0 Å². The average Bonchev–Trinajstić information content (AvgIpc) is 3.32. The van der Waals surface area contributed by atoms with E-state index in [-0.39, 0.29) is 29.5 Å². The van der Waals surface area contributed by atoms with Crippen LogP contribution < -0.4 is 5.32 Å². The molecule has 7 nitrogen and oxygen atoms in total. The maximum absolute atomic E-state index is 13.0. The van der Waals surface area contributed by atoms with E-state index >= 15 is 0 Å². The summed E-state index contributed by atoms with van der Waals surface area (Å²) < 4.78 is 25.2. The van der Waals surface area contributed by atoms with Crippen LogP contribution in [0.5, 0.6) is 0 Å². The van der Waals surface area contributed by atoms with Crippen LogP contribution >= 0.6 is 11.3 Å². The third-order valence-corrected chi connectivity index (χ3v) is 7.65. The van der Waals surface area contributed by atoms with Gasteiger partial charge in [-0.1, -0.05) is 0 Å². The van der Waals surface area contributed by atoms with E-state index in [1.807, 2.05) is 32.9 Å². The molecule has 1 aliphatic heterocycles. The number of pyridine rings is 1. The Morgan fingerprint density at radius 1 is 1.36 bits per heavy atom. The zero-order valence-electron chi connectivity index (χ0n) is 16.0. The molecule has 1 aliphatic rings. The SMILES string of the molecule is Cc1ccc(-c2cc(C(=O)NC3CCS(=O)(=O)C3)c3cnn(C(C)C)c3n2)s1. The third-order valence-electron chi connectivity index (χ3n) is 4.86. The fourth-order valence-corrected chi connectivity index (χ4v) is 5.96. The van der Waals surface area contributed by atoms with Gasteiger partial charge in [0, 0.05) is 17.0 Å². The summed E-state index contributed by atoms with van der Waals surface area (Å²) in [5.41, 5.74) is 1.85. The number of carbonyl (C=O) groups excluding carboxylic acids is 1. The van der Waals surface area contributed by atoms with Gasteiger partial charge in [-0.15, -0.1) is 11.3 Å². The lowest BCUT2D eigenvalue weighted by Gasteiger charge is -2.13. The highest BCUT2D eigenvalue weighted by Gasteiger charge is 2.30. The molecule has 0 bridgehead atoms. The van der Waals surface area contributed by atoms with Crippen molar-refractivity contribution in [1.82, 2.24) is 20.1 Å². The van der Waals surface area contributed by atoms with Gasteiger partial charge in [-0.05, 0) is 45.4 Å². The smallest absolute Gasteiger partial charge is 0.252 e. The van der Waals surface area contributed by atoms with Crippen LogP contribution in [0.2, 0.25) is 0 Å². The van der Waals surface area contributed by atoms with E-state index in [1.165, 1.54) is 0 Å². The summed E-state index contributed by atoms with van der Waals surface area (Å²) in [6.45, 7) is 6.05. The molecule has 1 N–H and O–H groups in total. The fourth-order valence-electron chi connectivity index (χ4n) is 3.45. The van der Waals surface area contributed by atoms with Gasteiger partial charge in [0.1, 0.15) is 0 Å². The minimum Gasteiger partial charge on any atom is -0.348 e. The van der Waals surface area contributed by atoms with Crippen LogP contribution in [0, 0.1) is 6.92 Å². The molecule has 3 aromatic heterocycles. The monoisotopic (exact) mass is 418 g/mol. The highest BCUT2D eigenvalue weighted by molar-refractivity contribution is 7.91. The van der Waals surface area contributed by atoms with E-state index in [2.05, 4.69) is 10.4 Å². The number of hydrogen-bond donors (Lipinski definition) is 1. The molecule has 4 rings (SSSR count). The van der Waals surface area contributed by atoms with Crippen LogP contribution in [0.1, 0.15) is 41.5 Å². The Hall–Kier alpha value is -2.26. The van der Waals surface area contributed by atoms with E-state index in [0.717, 1.165) is 15.4 Å². The molecular weight excluding hydrogens is 396 g/mol. The van der Waals surface area contributed by atoms with Gasteiger partial charge in [0.25, 0.3) is 5.91 Å². The summed E-state index contributed by atoms with van der Waals surface area (Å²) >= 11 is 1.62. The van der Waals surface area contributed by atoms with Crippen molar-refractivity contribution < 1.29 is 13.2 Å². The quantitative estimate of drug-likeness (QED) is 0.703. The second kappa shape index (κ2) is 6.97. The van der Waals surface area contributed by atoms with E-state index in [1.54, 1.807) is 28.3 Å². The number of amides is 1. The molecule has 0 radical (unpaired) electrons. The Kier molecular flexibility index (Phi) is 4.75. The molecule has 9 heteroatoms. The first-order valence-electron chi connectivity index (χ1n) is 9.20. The number of nitrogens with zero attached hydrogens (tertiary/aromatic N) is 3. The summed E-state index contributed by atoms with van der Waals surface area (Å²) in [6, 6.07) is 5.54. The van der Waals surface area contributed by atoms with Crippen molar-refractivity contribution >= 4 is 38.1 Å². The van der Waals surface area contributed by atoms with Gasteiger partial charge in [-0.2, -0.15) is 5.10 Å². The van der Waals surface area contributed by atoms with Gasteiger partial charge in [0.2, 0.25) is 0 Å². The maximum atomic E-state index is 13.0. The zero-order chi connectivity index (χ0) is 20.1. The molecule has 1 amide bonds. The fraction of sp³-hybridized carbons (Fsp3) is 0.421. The number of rotatable bonds is 4. The van der Waals surface area contributed by atoms with Crippen LogP contribution in [0.3, 0.4) is 0 Å². The van der Waals surface area contributed by atoms with Crippen molar-refractivity contribution in [2.45, 2.75) is 39.3 Å². The lowest BCUT2D eigenvalue weighted by Crippen LogP contribution is -2.35. The maximum Gasteiger partial charge on any atom is 0.252 e. The first kappa shape index (κ1) is 19.1. The Balaban J connectivity index is 1.78. The van der Waals surface area contributed by atoms with Gasteiger partial charge in [-0.3, -0.25) is 4.79 Å². The number of aryl methyl sites for hydroxylation is 1. The number of nitrogens with one attached hydrogen (secondary N) is 1. The molecule has 1 fully saturated rings. The first-order chi connectivity index (χ1) is 13.2. The predicted octanol–water partition coefficient (Wildman–Crippen LogP) is 2.97. The number of hydrogen-bond acceptors (Lipinski definition) is 6. The van der Waals surface area contributed by atoms with Crippen molar-refractivity contribution in [3.05, 3.63) is 34.8 Å². The minimum atomic E-state index is -3.06. The van der Waals surface area contributed by atoms with E-state index < -0.39 is 9.84 Å². The summed E-state index contributed by atoms with van der Waals surface area (Å²) in [5.74, 6) is -0.170. The summed E-state index contributed by atoms with van der Waals surface area (Å²) in [5, 5.41) is 7.97. The van der Waals surface area contributed by atoms with Crippen molar-refractivity contribution in [3.63, 3.8) is 0 Å².